The van der Waals surface area contributed by atoms with Gasteiger partial charge in [0, 0.05) is 32.4 Å². The Morgan fingerprint density at radius 1 is 1.16 bits per heavy atom. The Morgan fingerprint density at radius 3 is 2.76 bits per heavy atom. The summed E-state index contributed by atoms with van der Waals surface area (Å²) in [6, 6.07) is 5.73. The number of hydrogen-bond donors (Lipinski definition) is 2. The van der Waals surface area contributed by atoms with Gasteiger partial charge in [-0.05, 0) is 12.1 Å². The van der Waals surface area contributed by atoms with E-state index in [2.05, 4.69) is 30.5 Å². The minimum absolute atomic E-state index is 0.211. The van der Waals surface area contributed by atoms with E-state index in [0.717, 1.165) is 38.5 Å². The van der Waals surface area contributed by atoms with Crippen LogP contribution in [0.5, 0.6) is 0 Å². The van der Waals surface area contributed by atoms with Crippen LogP contribution in [0.3, 0.4) is 0 Å². The molecule has 0 bridgehead atoms. The van der Waals surface area contributed by atoms with Crippen molar-refractivity contribution in [3.8, 4) is 0 Å². The molecule has 1 amide bonds. The molecule has 0 spiro atoms. The third-order valence-corrected chi connectivity index (χ3v) is 3.88. The average Bonchev–Trinajstić information content (AvgIpc) is 2.68. The number of rotatable bonds is 7. The Balaban J connectivity index is 1.42. The fourth-order valence-corrected chi connectivity index (χ4v) is 2.46. The van der Waals surface area contributed by atoms with Crippen molar-refractivity contribution in [2.45, 2.75) is 6.54 Å². The highest BCUT2D eigenvalue weighted by molar-refractivity contribution is 5.91. The van der Waals surface area contributed by atoms with Crippen molar-refractivity contribution in [1.29, 1.82) is 0 Å². The Labute approximate surface area is 146 Å². The summed E-state index contributed by atoms with van der Waals surface area (Å²) in [6.07, 6.45) is 4.78. The Morgan fingerprint density at radius 2 is 2.04 bits per heavy atom. The van der Waals surface area contributed by atoms with E-state index in [0.29, 0.717) is 24.6 Å². The normalized spacial score (nSPS) is 14.9. The lowest BCUT2D eigenvalue weighted by molar-refractivity contribution is 0.0383. The topological polar surface area (TPSA) is 92.3 Å². The van der Waals surface area contributed by atoms with Gasteiger partial charge in [-0.25, -0.2) is 9.97 Å². The molecule has 3 rings (SSSR count). The first-order chi connectivity index (χ1) is 12.3. The molecule has 0 unspecified atom stereocenters. The van der Waals surface area contributed by atoms with E-state index in [1.165, 1.54) is 6.20 Å². The van der Waals surface area contributed by atoms with Gasteiger partial charge in [-0.2, -0.15) is 0 Å². The number of morpholine rings is 1. The molecule has 2 aromatic rings. The molecule has 2 N–H and O–H groups in total. The largest absolute Gasteiger partial charge is 0.379 e. The summed E-state index contributed by atoms with van der Waals surface area (Å²) in [6.45, 7) is 5.28. The number of anilines is 1. The van der Waals surface area contributed by atoms with Crippen molar-refractivity contribution >= 4 is 11.7 Å². The second-order valence-electron chi connectivity index (χ2n) is 5.67. The number of nitrogens with one attached hydrogen (secondary N) is 2. The Kier molecular flexibility index (Phi) is 6.24. The summed E-state index contributed by atoms with van der Waals surface area (Å²) in [5, 5.41) is 6.00. The number of amides is 1. The minimum atomic E-state index is -0.211. The fourth-order valence-electron chi connectivity index (χ4n) is 2.46. The maximum Gasteiger partial charge on any atom is 0.271 e. The first-order valence-corrected chi connectivity index (χ1v) is 8.35. The molecule has 3 heterocycles. The van der Waals surface area contributed by atoms with Gasteiger partial charge in [0.15, 0.2) is 0 Å². The smallest absolute Gasteiger partial charge is 0.271 e. The van der Waals surface area contributed by atoms with E-state index in [-0.39, 0.29) is 5.91 Å². The number of carbonyl (C=O) groups excluding carboxylic acids is 1. The van der Waals surface area contributed by atoms with Crippen LogP contribution in [0.2, 0.25) is 0 Å². The quantitative estimate of drug-likeness (QED) is 0.759. The highest BCUT2D eigenvalue weighted by Crippen LogP contribution is 2.04. The number of hydrogen-bond acceptors (Lipinski definition) is 7. The summed E-state index contributed by atoms with van der Waals surface area (Å²) < 4.78 is 5.30. The van der Waals surface area contributed by atoms with E-state index in [1.807, 2.05) is 18.2 Å². The molecule has 0 saturated carbocycles. The monoisotopic (exact) mass is 342 g/mol. The van der Waals surface area contributed by atoms with Gasteiger partial charge in [0.2, 0.25) is 0 Å². The van der Waals surface area contributed by atoms with Crippen molar-refractivity contribution < 1.29 is 9.53 Å². The SMILES string of the molecule is O=C(NCCN1CCOCC1)c1cnc(NCc2ccccn2)cn1. The molecule has 1 aliphatic heterocycles. The molecular weight excluding hydrogens is 320 g/mol. The highest BCUT2D eigenvalue weighted by atomic mass is 16.5. The number of pyridine rings is 1. The average molecular weight is 342 g/mol. The lowest BCUT2D eigenvalue weighted by atomic mass is 10.3. The number of ether oxygens (including phenoxy) is 1. The summed E-state index contributed by atoms with van der Waals surface area (Å²) >= 11 is 0. The van der Waals surface area contributed by atoms with Gasteiger partial charge in [0.05, 0.1) is 37.8 Å². The van der Waals surface area contributed by atoms with Crippen molar-refractivity contribution in [1.82, 2.24) is 25.2 Å². The molecule has 0 atom stereocenters. The third kappa shape index (κ3) is 5.47. The van der Waals surface area contributed by atoms with Gasteiger partial charge in [-0.15, -0.1) is 0 Å². The Hall–Kier alpha value is -2.58. The zero-order valence-electron chi connectivity index (χ0n) is 14.0. The predicted molar refractivity (Wildman–Crippen MR) is 93.2 cm³/mol. The first kappa shape index (κ1) is 17.2. The maximum absolute atomic E-state index is 12.1. The van der Waals surface area contributed by atoms with E-state index in [4.69, 9.17) is 4.74 Å². The lowest BCUT2D eigenvalue weighted by Crippen LogP contribution is -2.41. The van der Waals surface area contributed by atoms with Gasteiger partial charge in [-0.3, -0.25) is 14.7 Å². The van der Waals surface area contributed by atoms with Gasteiger partial charge in [0.1, 0.15) is 11.5 Å². The zero-order chi connectivity index (χ0) is 17.3. The van der Waals surface area contributed by atoms with Gasteiger partial charge < -0.3 is 15.4 Å². The molecule has 1 fully saturated rings. The fraction of sp³-hybridized carbons (Fsp3) is 0.412. The van der Waals surface area contributed by atoms with E-state index >= 15 is 0 Å². The van der Waals surface area contributed by atoms with Gasteiger partial charge >= 0.3 is 0 Å². The summed E-state index contributed by atoms with van der Waals surface area (Å²) in [7, 11) is 0. The third-order valence-electron chi connectivity index (χ3n) is 3.88. The Bertz CT molecular complexity index is 659. The van der Waals surface area contributed by atoms with Crippen LogP contribution in [-0.4, -0.2) is 65.2 Å². The highest BCUT2D eigenvalue weighted by Gasteiger charge is 2.11. The molecule has 8 heteroatoms. The van der Waals surface area contributed by atoms with Crippen LogP contribution >= 0.6 is 0 Å². The van der Waals surface area contributed by atoms with Crippen LogP contribution in [-0.2, 0) is 11.3 Å². The van der Waals surface area contributed by atoms with Crippen molar-refractivity contribution in [3.05, 3.63) is 48.2 Å². The van der Waals surface area contributed by atoms with Crippen LogP contribution in [0, 0.1) is 0 Å². The van der Waals surface area contributed by atoms with Crippen LogP contribution in [0.15, 0.2) is 36.8 Å². The number of nitrogens with zero attached hydrogens (tertiary/aromatic N) is 4. The maximum atomic E-state index is 12.1. The first-order valence-electron chi connectivity index (χ1n) is 8.35. The van der Waals surface area contributed by atoms with Crippen molar-refractivity contribution in [2.75, 3.05) is 44.7 Å². The molecular formula is C17H22N6O2. The zero-order valence-corrected chi connectivity index (χ0v) is 14.0. The summed E-state index contributed by atoms with van der Waals surface area (Å²) in [5.41, 5.74) is 1.22. The molecule has 25 heavy (non-hydrogen) atoms. The van der Waals surface area contributed by atoms with E-state index < -0.39 is 0 Å². The summed E-state index contributed by atoms with van der Waals surface area (Å²) in [4.78, 5) is 27.0. The molecule has 1 aliphatic rings. The van der Waals surface area contributed by atoms with E-state index in [9.17, 15) is 4.79 Å². The lowest BCUT2D eigenvalue weighted by Gasteiger charge is -2.26. The van der Waals surface area contributed by atoms with Crippen molar-refractivity contribution in [2.24, 2.45) is 0 Å². The number of carbonyl (C=O) groups is 1. The van der Waals surface area contributed by atoms with E-state index in [1.54, 1.807) is 12.4 Å². The molecule has 2 aromatic heterocycles. The van der Waals surface area contributed by atoms with Crippen LogP contribution in [0.25, 0.3) is 0 Å². The molecule has 1 saturated heterocycles. The van der Waals surface area contributed by atoms with Crippen LogP contribution < -0.4 is 10.6 Å². The molecule has 132 valence electrons. The second kappa shape index (κ2) is 9.05. The molecule has 0 radical (unpaired) electrons. The predicted octanol–water partition coefficient (Wildman–Crippen LogP) is 0.546. The molecule has 8 nitrogen and oxygen atoms in total. The van der Waals surface area contributed by atoms with Gasteiger partial charge in [0.25, 0.3) is 5.91 Å². The number of aromatic nitrogens is 3. The minimum Gasteiger partial charge on any atom is -0.379 e. The van der Waals surface area contributed by atoms with Crippen LogP contribution in [0.4, 0.5) is 5.82 Å². The summed E-state index contributed by atoms with van der Waals surface area (Å²) in [5.74, 6) is 0.396. The second-order valence-corrected chi connectivity index (χ2v) is 5.67. The molecule has 0 aliphatic carbocycles. The van der Waals surface area contributed by atoms with Crippen LogP contribution in [0.1, 0.15) is 16.2 Å². The molecule has 0 aromatic carbocycles. The van der Waals surface area contributed by atoms with Crippen molar-refractivity contribution in [3.63, 3.8) is 0 Å². The standard InChI is InChI=1S/C17H22N6O2/c24-17(19-5-6-23-7-9-25-10-8-23)15-12-22-16(13-20-15)21-11-14-3-1-2-4-18-14/h1-4,12-13H,5-11H2,(H,19,24)(H,21,22). The van der Waals surface area contributed by atoms with Gasteiger partial charge in [-0.1, -0.05) is 6.07 Å².